The molecule has 148 valence electrons. The Labute approximate surface area is 171 Å². The molecule has 3 aromatic rings. The van der Waals surface area contributed by atoms with Crippen LogP contribution >= 0.6 is 11.3 Å². The number of para-hydroxylation sites is 1. The van der Waals surface area contributed by atoms with Gasteiger partial charge in [0.2, 0.25) is 0 Å². The smallest absolute Gasteiger partial charge is 0.273 e. The number of hydrogen-bond donors (Lipinski definition) is 0. The minimum atomic E-state index is -0.367. The van der Waals surface area contributed by atoms with E-state index in [1.165, 1.54) is 16.7 Å². The summed E-state index contributed by atoms with van der Waals surface area (Å²) in [5.74, 6) is -0.958. The third-order valence-electron chi connectivity index (χ3n) is 4.42. The van der Waals surface area contributed by atoms with E-state index in [0.29, 0.717) is 20.4 Å². The normalized spacial score (nSPS) is 11.5. The van der Waals surface area contributed by atoms with Gasteiger partial charge in [0, 0.05) is 12.8 Å². The predicted octanol–water partition coefficient (Wildman–Crippen LogP) is 2.98. The Hall–Kier alpha value is -3.12. The van der Waals surface area contributed by atoms with Gasteiger partial charge in [-0.2, -0.15) is 0 Å². The summed E-state index contributed by atoms with van der Waals surface area (Å²) in [5.41, 5.74) is 0.958. The number of benzene rings is 2. The van der Waals surface area contributed by atoms with Crippen LogP contribution in [0.3, 0.4) is 0 Å². The molecule has 0 saturated heterocycles. The van der Waals surface area contributed by atoms with Crippen molar-refractivity contribution in [1.29, 1.82) is 0 Å². The SMILES string of the molecule is CCC(=O)C(C(=O)CC)=c1s/c(=C/c2ccc(F)cc2)c(=O)n1-c1ccccc1. The van der Waals surface area contributed by atoms with Crippen LogP contribution in [0.4, 0.5) is 4.39 Å². The molecule has 0 amide bonds. The Kier molecular flexibility index (Phi) is 6.34. The Balaban J connectivity index is 2.43. The molecular weight excluding hydrogens is 389 g/mol. The summed E-state index contributed by atoms with van der Waals surface area (Å²) < 4.78 is 15.3. The molecule has 0 aliphatic heterocycles. The predicted molar refractivity (Wildman–Crippen MR) is 113 cm³/mol. The van der Waals surface area contributed by atoms with Gasteiger partial charge in [0.1, 0.15) is 10.5 Å². The lowest BCUT2D eigenvalue weighted by Gasteiger charge is -2.06. The molecule has 0 bridgehead atoms. The highest BCUT2D eigenvalue weighted by molar-refractivity contribution is 7.08. The standard InChI is InChI=1S/C23H20FNO3S/c1-3-18(26)21(19(27)4-2)23-25(17-8-6-5-7-9-17)22(28)20(29-23)14-15-10-12-16(24)13-11-15/h5-14H,3-4H2,1-2H3/b20-14+. The van der Waals surface area contributed by atoms with Gasteiger partial charge in [-0.3, -0.25) is 19.0 Å². The number of rotatable bonds is 6. The molecule has 1 aromatic heterocycles. The first-order valence-electron chi connectivity index (χ1n) is 9.31. The molecule has 4 nitrogen and oxygen atoms in total. The van der Waals surface area contributed by atoms with E-state index in [4.69, 9.17) is 0 Å². The summed E-state index contributed by atoms with van der Waals surface area (Å²) in [6.07, 6.45) is 1.97. The molecule has 0 radical (unpaired) electrons. The lowest BCUT2D eigenvalue weighted by atomic mass is 10.0. The zero-order valence-electron chi connectivity index (χ0n) is 16.1. The third-order valence-corrected chi connectivity index (χ3v) is 5.51. The van der Waals surface area contributed by atoms with Crippen molar-refractivity contribution < 1.29 is 14.0 Å². The van der Waals surface area contributed by atoms with E-state index in [0.717, 1.165) is 11.3 Å². The van der Waals surface area contributed by atoms with Crippen molar-refractivity contribution in [1.82, 2.24) is 4.57 Å². The van der Waals surface area contributed by atoms with Crippen molar-refractivity contribution >= 4 is 34.6 Å². The summed E-state index contributed by atoms with van der Waals surface area (Å²) in [6.45, 7) is 3.38. The van der Waals surface area contributed by atoms with Crippen LogP contribution < -0.4 is 14.8 Å². The minimum absolute atomic E-state index is 0.0553. The van der Waals surface area contributed by atoms with Gasteiger partial charge in [-0.15, -0.1) is 11.3 Å². The second kappa shape index (κ2) is 8.92. The molecule has 6 heteroatoms. The van der Waals surface area contributed by atoms with Gasteiger partial charge in [0.05, 0.1) is 15.8 Å². The fourth-order valence-electron chi connectivity index (χ4n) is 2.92. The van der Waals surface area contributed by atoms with Crippen molar-refractivity contribution in [2.24, 2.45) is 0 Å². The van der Waals surface area contributed by atoms with E-state index >= 15 is 0 Å². The molecule has 0 aliphatic rings. The number of hydrogen-bond acceptors (Lipinski definition) is 4. The van der Waals surface area contributed by atoms with E-state index in [1.54, 1.807) is 56.3 Å². The van der Waals surface area contributed by atoms with E-state index in [-0.39, 0.29) is 41.4 Å². The lowest BCUT2D eigenvalue weighted by molar-refractivity contribution is -0.118. The molecule has 0 fully saturated rings. The van der Waals surface area contributed by atoms with Crippen molar-refractivity contribution in [3.05, 3.63) is 85.5 Å². The number of ketones is 2. The van der Waals surface area contributed by atoms with E-state index in [9.17, 15) is 18.8 Å². The molecule has 0 N–H and O–H groups in total. The van der Waals surface area contributed by atoms with Crippen LogP contribution in [0.5, 0.6) is 0 Å². The summed E-state index contributed by atoms with van der Waals surface area (Å²) in [6, 6.07) is 14.7. The summed E-state index contributed by atoms with van der Waals surface area (Å²) in [5, 5.41) is 0. The zero-order chi connectivity index (χ0) is 21.0. The average molecular weight is 409 g/mol. The van der Waals surface area contributed by atoms with E-state index in [1.807, 2.05) is 6.07 Å². The average Bonchev–Trinajstić information content (AvgIpc) is 3.05. The highest BCUT2D eigenvalue weighted by Gasteiger charge is 2.20. The van der Waals surface area contributed by atoms with Crippen molar-refractivity contribution in [2.45, 2.75) is 26.7 Å². The maximum atomic E-state index is 13.2. The van der Waals surface area contributed by atoms with E-state index in [2.05, 4.69) is 0 Å². The van der Waals surface area contributed by atoms with Gasteiger partial charge < -0.3 is 0 Å². The van der Waals surface area contributed by atoms with Gasteiger partial charge in [0.25, 0.3) is 5.56 Å². The molecule has 0 atom stereocenters. The zero-order valence-corrected chi connectivity index (χ0v) is 17.0. The summed E-state index contributed by atoms with van der Waals surface area (Å²) in [7, 11) is 0. The maximum Gasteiger partial charge on any atom is 0.273 e. The fourth-order valence-corrected chi connectivity index (χ4v) is 4.11. The third kappa shape index (κ3) is 4.32. The number of carbonyl (C=O) groups excluding carboxylic acids is 2. The van der Waals surface area contributed by atoms with Crippen LogP contribution in [0.2, 0.25) is 0 Å². The Morgan fingerprint density at radius 2 is 1.55 bits per heavy atom. The molecule has 1 heterocycles. The topological polar surface area (TPSA) is 56.1 Å². The summed E-state index contributed by atoms with van der Waals surface area (Å²) >= 11 is 1.10. The second-order valence-corrected chi connectivity index (χ2v) is 7.40. The quantitative estimate of drug-likeness (QED) is 0.588. The minimum Gasteiger partial charge on any atom is -0.294 e. The number of Topliss-reactive ketones (excluding diaryl/α,β-unsaturated/α-hetero) is 2. The van der Waals surface area contributed by atoms with Crippen LogP contribution in [0.15, 0.2) is 59.4 Å². The molecule has 0 spiro atoms. The highest BCUT2D eigenvalue weighted by Crippen LogP contribution is 2.09. The molecule has 3 rings (SSSR count). The number of aromatic nitrogens is 1. The molecule has 0 unspecified atom stereocenters. The molecule has 0 saturated carbocycles. The van der Waals surface area contributed by atoms with Crippen LogP contribution in [0.1, 0.15) is 32.3 Å². The first-order valence-corrected chi connectivity index (χ1v) is 10.1. The van der Waals surface area contributed by atoms with Crippen LogP contribution in [-0.2, 0) is 9.59 Å². The van der Waals surface area contributed by atoms with Crippen molar-refractivity contribution in [3.8, 4) is 5.69 Å². The first kappa shape index (κ1) is 20.6. The summed E-state index contributed by atoms with van der Waals surface area (Å²) in [4.78, 5) is 38.4. The van der Waals surface area contributed by atoms with Crippen LogP contribution in [0, 0.1) is 5.82 Å². The Morgan fingerprint density at radius 1 is 0.966 bits per heavy atom. The Bertz CT molecular complexity index is 1200. The number of halogens is 1. The number of carbonyl (C=O) groups is 2. The number of nitrogens with zero attached hydrogens (tertiary/aromatic N) is 1. The lowest BCUT2D eigenvalue weighted by Crippen LogP contribution is -2.32. The molecular formula is C23H20FNO3S. The van der Waals surface area contributed by atoms with Crippen LogP contribution in [-0.4, -0.2) is 16.1 Å². The largest absolute Gasteiger partial charge is 0.294 e. The van der Waals surface area contributed by atoms with Gasteiger partial charge in [-0.05, 0) is 35.9 Å². The highest BCUT2D eigenvalue weighted by atomic mass is 32.1. The molecule has 2 aromatic carbocycles. The van der Waals surface area contributed by atoms with E-state index < -0.39 is 0 Å². The van der Waals surface area contributed by atoms with Gasteiger partial charge in [-0.1, -0.05) is 44.2 Å². The van der Waals surface area contributed by atoms with Gasteiger partial charge in [-0.25, -0.2) is 4.39 Å². The van der Waals surface area contributed by atoms with Crippen molar-refractivity contribution in [3.63, 3.8) is 0 Å². The monoisotopic (exact) mass is 409 g/mol. The number of thiazole rings is 1. The van der Waals surface area contributed by atoms with Gasteiger partial charge >= 0.3 is 0 Å². The van der Waals surface area contributed by atoms with Gasteiger partial charge in [0.15, 0.2) is 11.6 Å². The maximum absolute atomic E-state index is 13.2. The Morgan fingerprint density at radius 3 is 2.10 bits per heavy atom. The molecule has 0 aliphatic carbocycles. The fraction of sp³-hybridized carbons (Fsp3) is 0.174. The van der Waals surface area contributed by atoms with Crippen LogP contribution in [0.25, 0.3) is 17.3 Å². The first-order chi connectivity index (χ1) is 14.0. The molecule has 29 heavy (non-hydrogen) atoms. The second-order valence-electron chi connectivity index (χ2n) is 6.37. The van der Waals surface area contributed by atoms with Crippen molar-refractivity contribution in [2.75, 3.05) is 0 Å².